The molecule has 0 spiro atoms. The molecule has 0 unspecified atom stereocenters. The van der Waals surface area contributed by atoms with Gasteiger partial charge in [-0.05, 0) is 24.1 Å². The van der Waals surface area contributed by atoms with Crippen molar-refractivity contribution < 1.29 is 23.5 Å². The second-order valence-corrected chi connectivity index (χ2v) is 4.26. The highest BCUT2D eigenvalue weighted by Crippen LogP contribution is 2.60. The number of carbonyl (C=O) groups excluding carboxylic acids is 2. The average molecular weight is 252 g/mol. The molecule has 1 aromatic carbocycles. The summed E-state index contributed by atoms with van der Waals surface area (Å²) in [6.07, 6.45) is 0.331. The molecule has 0 heterocycles. The van der Waals surface area contributed by atoms with Crippen molar-refractivity contribution in [3.63, 3.8) is 0 Å². The van der Waals surface area contributed by atoms with E-state index in [1.54, 1.807) is 12.1 Å². The highest BCUT2D eigenvalue weighted by molar-refractivity contribution is 6.05. The van der Waals surface area contributed by atoms with Gasteiger partial charge in [0.05, 0.1) is 14.2 Å². The molecule has 2 rings (SSSR count). The van der Waals surface area contributed by atoms with Crippen molar-refractivity contribution >= 4 is 11.9 Å². The molecule has 1 aliphatic carbocycles. The second kappa shape index (κ2) is 4.40. The number of hydrogen-bond donors (Lipinski definition) is 0. The van der Waals surface area contributed by atoms with Gasteiger partial charge in [-0.25, -0.2) is 4.39 Å². The quantitative estimate of drug-likeness (QED) is 0.606. The Morgan fingerprint density at radius 3 is 2.11 bits per heavy atom. The molecule has 0 aromatic heterocycles. The third-order valence-electron chi connectivity index (χ3n) is 3.33. The van der Waals surface area contributed by atoms with Crippen LogP contribution in [-0.4, -0.2) is 26.2 Å². The van der Waals surface area contributed by atoms with Gasteiger partial charge in [0.2, 0.25) is 0 Å². The Balaban J connectivity index is 2.30. The SMILES string of the molecule is COC(=O)C1(C(=O)OC)C[C@@H]1c1ccc(F)cc1. The van der Waals surface area contributed by atoms with Gasteiger partial charge in [0.1, 0.15) is 5.82 Å². The molecule has 0 bridgehead atoms. The summed E-state index contributed by atoms with van der Waals surface area (Å²) in [5, 5.41) is 0. The fourth-order valence-electron chi connectivity index (χ4n) is 2.26. The Morgan fingerprint density at radius 2 is 1.67 bits per heavy atom. The summed E-state index contributed by atoms with van der Waals surface area (Å²) >= 11 is 0. The lowest BCUT2D eigenvalue weighted by Gasteiger charge is -2.12. The molecule has 4 nitrogen and oxygen atoms in total. The molecule has 0 saturated heterocycles. The van der Waals surface area contributed by atoms with Crippen LogP contribution in [0.25, 0.3) is 0 Å². The highest BCUT2D eigenvalue weighted by atomic mass is 19.1. The van der Waals surface area contributed by atoms with E-state index in [1.807, 2.05) is 0 Å². The van der Waals surface area contributed by atoms with E-state index in [9.17, 15) is 14.0 Å². The number of ether oxygens (including phenoxy) is 2. The van der Waals surface area contributed by atoms with Crippen molar-refractivity contribution in [1.82, 2.24) is 0 Å². The molecule has 0 amide bonds. The van der Waals surface area contributed by atoms with E-state index in [0.717, 1.165) is 5.56 Å². The number of carbonyl (C=O) groups is 2. The zero-order valence-electron chi connectivity index (χ0n) is 10.1. The lowest BCUT2D eigenvalue weighted by atomic mass is 9.99. The number of benzene rings is 1. The van der Waals surface area contributed by atoms with Gasteiger partial charge in [-0.3, -0.25) is 9.59 Å². The molecular formula is C13H13FO4. The monoisotopic (exact) mass is 252 g/mol. The second-order valence-electron chi connectivity index (χ2n) is 4.26. The molecule has 1 saturated carbocycles. The maximum absolute atomic E-state index is 12.8. The number of esters is 2. The van der Waals surface area contributed by atoms with Gasteiger partial charge in [0.15, 0.2) is 5.41 Å². The smallest absolute Gasteiger partial charge is 0.323 e. The lowest BCUT2D eigenvalue weighted by Crippen LogP contribution is -2.30. The van der Waals surface area contributed by atoms with Crippen LogP contribution in [0.4, 0.5) is 4.39 Å². The molecule has 1 atom stereocenters. The van der Waals surface area contributed by atoms with Crippen LogP contribution in [0.2, 0.25) is 0 Å². The molecule has 0 N–H and O–H groups in total. The van der Waals surface area contributed by atoms with Crippen LogP contribution >= 0.6 is 0 Å². The van der Waals surface area contributed by atoms with Gasteiger partial charge in [-0.2, -0.15) is 0 Å². The number of halogens is 1. The van der Waals surface area contributed by atoms with Gasteiger partial charge in [0.25, 0.3) is 0 Å². The Labute approximate surface area is 104 Å². The zero-order valence-corrected chi connectivity index (χ0v) is 10.1. The average Bonchev–Trinajstić information content (AvgIpc) is 3.14. The molecular weight excluding hydrogens is 239 g/mol. The van der Waals surface area contributed by atoms with Crippen molar-refractivity contribution in [2.45, 2.75) is 12.3 Å². The van der Waals surface area contributed by atoms with Crippen LogP contribution in [0.15, 0.2) is 24.3 Å². The van der Waals surface area contributed by atoms with Crippen molar-refractivity contribution in [1.29, 1.82) is 0 Å². The molecule has 96 valence electrons. The summed E-state index contributed by atoms with van der Waals surface area (Å²) < 4.78 is 22.2. The topological polar surface area (TPSA) is 52.6 Å². The van der Waals surface area contributed by atoms with E-state index < -0.39 is 17.4 Å². The summed E-state index contributed by atoms with van der Waals surface area (Å²) in [7, 11) is 2.46. The third-order valence-corrected chi connectivity index (χ3v) is 3.33. The molecule has 0 radical (unpaired) electrons. The number of methoxy groups -OCH3 is 2. The van der Waals surface area contributed by atoms with Gasteiger partial charge in [0, 0.05) is 5.92 Å². The first kappa shape index (κ1) is 12.5. The first-order valence-electron chi connectivity index (χ1n) is 5.48. The van der Waals surface area contributed by atoms with Crippen molar-refractivity contribution in [3.8, 4) is 0 Å². The first-order valence-corrected chi connectivity index (χ1v) is 5.48. The molecule has 18 heavy (non-hydrogen) atoms. The Bertz CT molecular complexity index is 464. The fourth-order valence-corrected chi connectivity index (χ4v) is 2.26. The van der Waals surface area contributed by atoms with Gasteiger partial charge >= 0.3 is 11.9 Å². The maximum atomic E-state index is 12.8. The first-order chi connectivity index (χ1) is 8.56. The number of rotatable bonds is 3. The van der Waals surface area contributed by atoms with Crippen molar-refractivity contribution in [2.75, 3.05) is 14.2 Å². The molecule has 1 aromatic rings. The van der Waals surface area contributed by atoms with E-state index in [1.165, 1.54) is 26.4 Å². The molecule has 5 heteroatoms. The Morgan fingerprint density at radius 1 is 1.17 bits per heavy atom. The maximum Gasteiger partial charge on any atom is 0.323 e. The minimum atomic E-state index is -1.26. The van der Waals surface area contributed by atoms with Crippen LogP contribution in [0.3, 0.4) is 0 Å². The fraction of sp³-hybridized carbons (Fsp3) is 0.385. The molecule has 1 fully saturated rings. The van der Waals surface area contributed by atoms with E-state index in [4.69, 9.17) is 0 Å². The van der Waals surface area contributed by atoms with Crippen LogP contribution < -0.4 is 0 Å². The molecule has 0 aliphatic heterocycles. The predicted molar refractivity (Wildman–Crippen MR) is 60.2 cm³/mol. The molecule has 1 aliphatic rings. The summed E-state index contributed by atoms with van der Waals surface area (Å²) in [5.74, 6) is -1.88. The van der Waals surface area contributed by atoms with Crippen molar-refractivity contribution in [3.05, 3.63) is 35.6 Å². The summed E-state index contributed by atoms with van der Waals surface area (Å²) in [5.41, 5.74) is -0.534. The summed E-state index contributed by atoms with van der Waals surface area (Å²) in [4.78, 5) is 23.5. The van der Waals surface area contributed by atoms with Crippen LogP contribution in [0, 0.1) is 11.2 Å². The predicted octanol–water partition coefficient (Wildman–Crippen LogP) is 1.65. The Kier molecular flexibility index (Phi) is 3.07. The third kappa shape index (κ3) is 1.75. The summed E-state index contributed by atoms with van der Waals surface area (Å²) in [6, 6.07) is 5.72. The van der Waals surface area contributed by atoms with Crippen LogP contribution in [-0.2, 0) is 19.1 Å². The van der Waals surface area contributed by atoms with E-state index >= 15 is 0 Å². The zero-order chi connectivity index (χ0) is 13.3. The van der Waals surface area contributed by atoms with Crippen LogP contribution in [0.5, 0.6) is 0 Å². The normalized spacial score (nSPS) is 20.1. The van der Waals surface area contributed by atoms with Crippen molar-refractivity contribution in [2.24, 2.45) is 5.41 Å². The van der Waals surface area contributed by atoms with E-state index in [2.05, 4.69) is 9.47 Å². The van der Waals surface area contributed by atoms with Gasteiger partial charge in [-0.15, -0.1) is 0 Å². The highest BCUT2D eigenvalue weighted by Gasteiger charge is 2.68. The Hall–Kier alpha value is -1.91. The van der Waals surface area contributed by atoms with Crippen LogP contribution in [0.1, 0.15) is 17.9 Å². The minimum absolute atomic E-state index is 0.307. The standard InChI is InChI=1S/C13H13FO4/c1-17-11(15)13(12(16)18-2)7-10(13)8-3-5-9(14)6-4-8/h3-6,10H,7H2,1-2H3/t10-/m1/s1. The number of hydrogen-bond acceptors (Lipinski definition) is 4. The van der Waals surface area contributed by atoms with E-state index in [-0.39, 0.29) is 11.7 Å². The minimum Gasteiger partial charge on any atom is -0.468 e. The van der Waals surface area contributed by atoms with Gasteiger partial charge in [-0.1, -0.05) is 12.1 Å². The summed E-state index contributed by atoms with van der Waals surface area (Å²) in [6.45, 7) is 0. The van der Waals surface area contributed by atoms with Gasteiger partial charge < -0.3 is 9.47 Å². The lowest BCUT2D eigenvalue weighted by molar-refractivity contribution is -0.161. The van der Waals surface area contributed by atoms with E-state index in [0.29, 0.717) is 6.42 Å². The largest absolute Gasteiger partial charge is 0.468 e.